The number of hydrogen-bond acceptors (Lipinski definition) is 3. The zero-order valence-electron chi connectivity index (χ0n) is 31.3. The average Bonchev–Trinajstić information content (AvgIpc) is 3.82. The first-order chi connectivity index (χ1) is 28.8. The third-order valence-corrected chi connectivity index (χ3v) is 11.5. The molecule has 58 heavy (non-hydrogen) atoms. The second kappa shape index (κ2) is 12.8. The van der Waals surface area contributed by atoms with Gasteiger partial charge in [-0.15, -0.1) is 0 Å². The number of rotatable bonds is 5. The van der Waals surface area contributed by atoms with Crippen LogP contribution in [0.1, 0.15) is 0 Å². The molecule has 5 nitrogen and oxygen atoms in total. The Morgan fingerprint density at radius 3 is 1.66 bits per heavy atom. The quantitative estimate of drug-likeness (QED) is 0.177. The Labute approximate surface area is 333 Å². The van der Waals surface area contributed by atoms with Crippen molar-refractivity contribution in [1.82, 2.24) is 24.1 Å². The fraction of sp³-hybridized carbons (Fsp3) is 0. The van der Waals surface area contributed by atoms with Gasteiger partial charge in [-0.25, -0.2) is 15.0 Å². The van der Waals surface area contributed by atoms with E-state index >= 15 is 0 Å². The molecule has 0 aliphatic heterocycles. The van der Waals surface area contributed by atoms with E-state index in [-0.39, 0.29) is 0 Å². The Kier molecular flexibility index (Phi) is 7.16. The molecule has 0 amide bonds. The fourth-order valence-corrected chi connectivity index (χ4v) is 8.89. The van der Waals surface area contributed by atoms with Gasteiger partial charge in [0.25, 0.3) is 0 Å². The molecule has 3 aromatic heterocycles. The van der Waals surface area contributed by atoms with Gasteiger partial charge in [-0.2, -0.15) is 0 Å². The summed E-state index contributed by atoms with van der Waals surface area (Å²) in [6, 6.07) is 71.0. The van der Waals surface area contributed by atoms with Gasteiger partial charge in [0.2, 0.25) is 0 Å². The molecular formula is C53H33N5. The smallest absolute Gasteiger partial charge is 0.164 e. The summed E-state index contributed by atoms with van der Waals surface area (Å²) in [7, 11) is 0. The topological polar surface area (TPSA) is 48.5 Å². The van der Waals surface area contributed by atoms with Gasteiger partial charge in [0.05, 0.1) is 27.8 Å². The molecule has 0 N–H and O–H groups in total. The van der Waals surface area contributed by atoms with Crippen LogP contribution < -0.4 is 0 Å². The Morgan fingerprint density at radius 2 is 0.879 bits per heavy atom. The number of nitrogens with zero attached hydrogens (tertiary/aromatic N) is 5. The summed E-state index contributed by atoms with van der Waals surface area (Å²) in [5, 5.41) is 9.52. The summed E-state index contributed by atoms with van der Waals surface area (Å²) in [6.07, 6.45) is 0. The number of para-hydroxylation sites is 3. The van der Waals surface area contributed by atoms with Crippen LogP contribution in [0.5, 0.6) is 0 Å². The number of aromatic nitrogens is 5. The first-order valence-electron chi connectivity index (χ1n) is 19.6. The zero-order valence-corrected chi connectivity index (χ0v) is 31.3. The van der Waals surface area contributed by atoms with Crippen molar-refractivity contribution in [2.45, 2.75) is 0 Å². The first kappa shape index (κ1) is 32.4. The van der Waals surface area contributed by atoms with Gasteiger partial charge in [-0.3, -0.25) is 0 Å². The highest BCUT2D eigenvalue weighted by atomic mass is 15.0. The molecule has 3 heterocycles. The van der Waals surface area contributed by atoms with Crippen LogP contribution in [0.3, 0.4) is 0 Å². The Hall–Kier alpha value is -7.89. The van der Waals surface area contributed by atoms with Crippen LogP contribution in [0, 0.1) is 0 Å². The number of benzene rings is 9. The summed E-state index contributed by atoms with van der Waals surface area (Å²) in [5.41, 5.74) is 9.84. The van der Waals surface area contributed by atoms with Crippen molar-refractivity contribution >= 4 is 65.2 Å². The van der Waals surface area contributed by atoms with Gasteiger partial charge >= 0.3 is 0 Å². The van der Waals surface area contributed by atoms with Crippen LogP contribution in [0.4, 0.5) is 0 Å². The maximum Gasteiger partial charge on any atom is 0.164 e. The lowest BCUT2D eigenvalue weighted by Gasteiger charge is -2.13. The molecule has 12 rings (SSSR count). The molecular weight excluding hydrogens is 707 g/mol. The Balaban J connectivity index is 1.07. The van der Waals surface area contributed by atoms with E-state index in [9.17, 15) is 0 Å². The molecule has 0 fully saturated rings. The minimum atomic E-state index is 0.636. The second-order valence-electron chi connectivity index (χ2n) is 14.8. The summed E-state index contributed by atoms with van der Waals surface area (Å²) in [6.45, 7) is 0. The van der Waals surface area contributed by atoms with E-state index < -0.39 is 0 Å². The fourth-order valence-electron chi connectivity index (χ4n) is 8.89. The van der Waals surface area contributed by atoms with Crippen LogP contribution in [-0.2, 0) is 0 Å². The molecule has 0 unspecified atom stereocenters. The van der Waals surface area contributed by atoms with Crippen LogP contribution in [0.2, 0.25) is 0 Å². The lowest BCUT2D eigenvalue weighted by atomic mass is 10.0. The van der Waals surface area contributed by atoms with Gasteiger partial charge in [-0.05, 0) is 64.7 Å². The largest absolute Gasteiger partial charge is 0.309 e. The van der Waals surface area contributed by atoms with Gasteiger partial charge in [0, 0.05) is 49.3 Å². The summed E-state index contributed by atoms with van der Waals surface area (Å²) < 4.78 is 4.87. The Bertz CT molecular complexity index is 3560. The normalized spacial score (nSPS) is 11.8. The van der Waals surface area contributed by atoms with E-state index in [1.54, 1.807) is 0 Å². The molecule has 0 aliphatic carbocycles. The standard InChI is InChI=1S/C53H33N5/c1-3-15-35(16-4-1)51-54-52(38-27-26-34-14-7-8-17-36(34)32-38)56-53(55-51)39-28-29-41-37(33-39)18-13-25-45(41)58-47-24-12-10-22-44(47)49-48(58)31-30-43-42-21-9-11-23-46(42)57(50(43)49)40-19-5-2-6-20-40/h1-33H. The van der Waals surface area contributed by atoms with Crippen LogP contribution in [0.25, 0.3) is 111 Å². The molecule has 0 spiro atoms. The van der Waals surface area contributed by atoms with Gasteiger partial charge in [0.1, 0.15) is 0 Å². The highest BCUT2D eigenvalue weighted by Gasteiger charge is 2.22. The molecule has 12 aromatic rings. The second-order valence-corrected chi connectivity index (χ2v) is 14.8. The molecule has 5 heteroatoms. The van der Waals surface area contributed by atoms with E-state index in [1.165, 1.54) is 38.0 Å². The lowest BCUT2D eigenvalue weighted by molar-refractivity contribution is 1.07. The van der Waals surface area contributed by atoms with Gasteiger partial charge < -0.3 is 9.13 Å². The van der Waals surface area contributed by atoms with Crippen molar-refractivity contribution < 1.29 is 0 Å². The predicted octanol–water partition coefficient (Wildman–Crippen LogP) is 13.4. The summed E-state index contributed by atoms with van der Waals surface area (Å²) in [4.78, 5) is 15.2. The van der Waals surface area contributed by atoms with Gasteiger partial charge in [-0.1, -0.05) is 152 Å². The van der Waals surface area contributed by atoms with Crippen LogP contribution in [0.15, 0.2) is 200 Å². The third kappa shape index (κ3) is 5.00. The molecule has 0 saturated heterocycles. The summed E-state index contributed by atoms with van der Waals surface area (Å²) >= 11 is 0. The Morgan fingerprint density at radius 1 is 0.310 bits per heavy atom. The molecule has 9 aromatic carbocycles. The highest BCUT2D eigenvalue weighted by molar-refractivity contribution is 6.26. The first-order valence-corrected chi connectivity index (χ1v) is 19.6. The molecule has 0 saturated carbocycles. The third-order valence-electron chi connectivity index (χ3n) is 11.5. The maximum atomic E-state index is 5.12. The molecule has 0 aliphatic rings. The predicted molar refractivity (Wildman–Crippen MR) is 240 cm³/mol. The van der Waals surface area contributed by atoms with Crippen molar-refractivity contribution in [3.8, 4) is 45.5 Å². The van der Waals surface area contributed by atoms with Crippen molar-refractivity contribution in [3.05, 3.63) is 200 Å². The van der Waals surface area contributed by atoms with Crippen LogP contribution >= 0.6 is 0 Å². The van der Waals surface area contributed by atoms with E-state index in [0.29, 0.717) is 17.5 Å². The minimum absolute atomic E-state index is 0.636. The van der Waals surface area contributed by atoms with Crippen molar-refractivity contribution in [1.29, 1.82) is 0 Å². The average molecular weight is 740 g/mol. The van der Waals surface area contributed by atoms with Crippen molar-refractivity contribution in [2.24, 2.45) is 0 Å². The molecule has 0 atom stereocenters. The van der Waals surface area contributed by atoms with E-state index in [0.717, 1.165) is 55.3 Å². The number of hydrogen-bond donors (Lipinski definition) is 0. The van der Waals surface area contributed by atoms with Gasteiger partial charge in [0.15, 0.2) is 17.5 Å². The van der Waals surface area contributed by atoms with Crippen molar-refractivity contribution in [3.63, 3.8) is 0 Å². The van der Waals surface area contributed by atoms with E-state index in [4.69, 9.17) is 15.0 Å². The minimum Gasteiger partial charge on any atom is -0.309 e. The lowest BCUT2D eigenvalue weighted by Crippen LogP contribution is -2.00. The zero-order chi connectivity index (χ0) is 38.2. The number of fused-ring (bicyclic) bond motifs is 9. The molecule has 0 radical (unpaired) electrons. The maximum absolute atomic E-state index is 5.12. The molecule has 270 valence electrons. The van der Waals surface area contributed by atoms with E-state index in [1.807, 2.05) is 18.2 Å². The summed E-state index contributed by atoms with van der Waals surface area (Å²) in [5.74, 6) is 1.93. The van der Waals surface area contributed by atoms with Crippen LogP contribution in [-0.4, -0.2) is 24.1 Å². The monoisotopic (exact) mass is 739 g/mol. The molecule has 0 bridgehead atoms. The highest BCUT2D eigenvalue weighted by Crippen LogP contribution is 2.43. The van der Waals surface area contributed by atoms with Crippen molar-refractivity contribution in [2.75, 3.05) is 0 Å². The van der Waals surface area contributed by atoms with E-state index in [2.05, 4.69) is 191 Å². The SMILES string of the molecule is c1ccc(-c2nc(-c3ccc4ccccc4c3)nc(-c3ccc4c(-n5c6ccccc6c6c5ccc5c7ccccc7n(-c7ccccc7)c56)cccc4c3)n2)cc1.